The van der Waals surface area contributed by atoms with E-state index in [4.69, 9.17) is 9.47 Å². The van der Waals surface area contributed by atoms with Crippen molar-refractivity contribution in [2.75, 3.05) is 6.61 Å². The van der Waals surface area contributed by atoms with Gasteiger partial charge in [-0.25, -0.2) is 4.98 Å². The van der Waals surface area contributed by atoms with Crippen LogP contribution >= 0.6 is 11.3 Å². The van der Waals surface area contributed by atoms with E-state index in [-0.39, 0.29) is 24.2 Å². The van der Waals surface area contributed by atoms with Crippen molar-refractivity contribution in [1.29, 1.82) is 0 Å². The second-order valence-corrected chi connectivity index (χ2v) is 9.19. The van der Waals surface area contributed by atoms with E-state index in [2.05, 4.69) is 10.3 Å². The lowest BCUT2D eigenvalue weighted by Crippen LogP contribution is -2.32. The fourth-order valence-corrected chi connectivity index (χ4v) is 4.20. The van der Waals surface area contributed by atoms with Crippen LogP contribution in [0.3, 0.4) is 0 Å². The van der Waals surface area contributed by atoms with Crippen LogP contribution in [0.5, 0.6) is 17.4 Å². The minimum absolute atomic E-state index is 0.0131. The molecule has 6 nitrogen and oxygen atoms in total. The van der Waals surface area contributed by atoms with E-state index in [1.54, 1.807) is 6.20 Å². The first-order valence-corrected chi connectivity index (χ1v) is 11.5. The molecule has 1 amide bonds. The molecule has 7 heteroatoms. The second kappa shape index (κ2) is 9.96. The van der Waals surface area contributed by atoms with Gasteiger partial charge in [0, 0.05) is 48.2 Å². The number of nitrogens with one attached hydrogen (secondary N) is 1. The summed E-state index contributed by atoms with van der Waals surface area (Å²) < 4.78 is 11.7. The van der Waals surface area contributed by atoms with Crippen molar-refractivity contribution < 1.29 is 19.1 Å². The Morgan fingerprint density at radius 3 is 2.69 bits per heavy atom. The maximum atomic E-state index is 12.5. The third kappa shape index (κ3) is 6.17. The molecule has 0 aliphatic heterocycles. The van der Waals surface area contributed by atoms with Crippen LogP contribution in [-0.4, -0.2) is 29.3 Å². The number of ketones is 1. The molecule has 1 aliphatic rings. The van der Waals surface area contributed by atoms with Gasteiger partial charge in [0.15, 0.2) is 5.78 Å². The average molecular weight is 451 g/mol. The molecule has 32 heavy (non-hydrogen) atoms. The zero-order valence-electron chi connectivity index (χ0n) is 18.2. The highest BCUT2D eigenvalue weighted by Gasteiger charge is 2.22. The van der Waals surface area contributed by atoms with E-state index in [1.807, 2.05) is 55.5 Å². The van der Waals surface area contributed by atoms with Crippen LogP contribution in [0, 0.1) is 5.92 Å². The fraction of sp³-hybridized carbons (Fsp3) is 0.320. The Bertz CT molecular complexity index is 1090. The Morgan fingerprint density at radius 2 is 1.97 bits per heavy atom. The number of carbonyl (C=O) groups is 2. The number of amides is 1. The normalized spacial score (nSPS) is 13.9. The molecule has 4 rings (SSSR count). The zero-order valence-corrected chi connectivity index (χ0v) is 19.0. The van der Waals surface area contributed by atoms with E-state index >= 15 is 0 Å². The van der Waals surface area contributed by atoms with Crippen LogP contribution in [0.15, 0.2) is 54.7 Å². The standard InChI is InChI=1S/C25H26N2O4S/c1-16(27-17(2)28)12-22(29)24-10-9-23(32-24)19-8-11-25(26-14-19)31-21-5-3-4-20(13-21)30-15-18-6-7-18/h3-5,8-11,13-14,16,18H,6-7,12,15H2,1-2H3,(H,27,28). The molecule has 0 saturated heterocycles. The van der Waals surface area contributed by atoms with Crippen molar-refractivity contribution in [2.45, 2.75) is 39.2 Å². The number of pyridine rings is 1. The van der Waals surface area contributed by atoms with E-state index in [0.29, 0.717) is 22.4 Å². The summed E-state index contributed by atoms with van der Waals surface area (Å²) in [6, 6.07) is 14.9. The van der Waals surface area contributed by atoms with Crippen molar-refractivity contribution >= 4 is 23.0 Å². The SMILES string of the molecule is CC(=O)NC(C)CC(=O)c1ccc(-c2ccc(Oc3cccc(OCC4CC4)c3)nc2)s1. The summed E-state index contributed by atoms with van der Waals surface area (Å²) in [5, 5.41) is 2.74. The molecule has 1 unspecified atom stereocenters. The van der Waals surface area contributed by atoms with E-state index in [1.165, 1.54) is 31.1 Å². The van der Waals surface area contributed by atoms with Crippen LogP contribution < -0.4 is 14.8 Å². The molecule has 1 aromatic carbocycles. The molecule has 0 spiro atoms. The molecule has 1 atom stereocenters. The van der Waals surface area contributed by atoms with E-state index in [0.717, 1.165) is 22.8 Å². The van der Waals surface area contributed by atoms with Gasteiger partial charge in [-0.2, -0.15) is 0 Å². The van der Waals surface area contributed by atoms with Crippen LogP contribution in [0.2, 0.25) is 0 Å². The van der Waals surface area contributed by atoms with Crippen LogP contribution in [0.4, 0.5) is 0 Å². The fourth-order valence-electron chi connectivity index (χ4n) is 3.25. The number of rotatable bonds is 10. The van der Waals surface area contributed by atoms with Crippen molar-refractivity contribution in [3.05, 3.63) is 59.6 Å². The Labute approximate surface area is 191 Å². The predicted octanol–water partition coefficient (Wildman–Crippen LogP) is 5.49. The third-order valence-electron chi connectivity index (χ3n) is 5.05. The first-order chi connectivity index (χ1) is 15.5. The minimum atomic E-state index is -0.193. The van der Waals surface area contributed by atoms with Crippen molar-refractivity contribution in [3.8, 4) is 27.8 Å². The number of thiophene rings is 1. The molecule has 2 aromatic heterocycles. The highest BCUT2D eigenvalue weighted by atomic mass is 32.1. The molecule has 2 heterocycles. The molecule has 166 valence electrons. The predicted molar refractivity (Wildman–Crippen MR) is 125 cm³/mol. The van der Waals surface area contributed by atoms with Gasteiger partial charge in [-0.3, -0.25) is 9.59 Å². The number of hydrogen-bond acceptors (Lipinski definition) is 6. The van der Waals surface area contributed by atoms with Gasteiger partial charge in [-0.15, -0.1) is 11.3 Å². The largest absolute Gasteiger partial charge is 0.493 e. The maximum Gasteiger partial charge on any atom is 0.219 e. The molecule has 1 fully saturated rings. The first-order valence-electron chi connectivity index (χ1n) is 10.7. The summed E-state index contributed by atoms with van der Waals surface area (Å²) in [7, 11) is 0. The van der Waals surface area contributed by atoms with Gasteiger partial charge in [0.1, 0.15) is 11.5 Å². The van der Waals surface area contributed by atoms with Crippen LogP contribution in [0.25, 0.3) is 10.4 Å². The monoisotopic (exact) mass is 450 g/mol. The molecule has 1 N–H and O–H groups in total. The minimum Gasteiger partial charge on any atom is -0.493 e. The van der Waals surface area contributed by atoms with Gasteiger partial charge >= 0.3 is 0 Å². The number of hydrogen-bond donors (Lipinski definition) is 1. The molecule has 3 aromatic rings. The smallest absolute Gasteiger partial charge is 0.219 e. The number of aromatic nitrogens is 1. The van der Waals surface area contributed by atoms with E-state index in [9.17, 15) is 9.59 Å². The lowest BCUT2D eigenvalue weighted by atomic mass is 10.1. The molecule has 1 aliphatic carbocycles. The maximum absolute atomic E-state index is 12.5. The Hall–Kier alpha value is -3.19. The summed E-state index contributed by atoms with van der Waals surface area (Å²) >= 11 is 1.42. The van der Waals surface area contributed by atoms with Gasteiger partial charge in [0.25, 0.3) is 0 Å². The highest BCUT2D eigenvalue weighted by Crippen LogP contribution is 2.32. The lowest BCUT2D eigenvalue weighted by molar-refractivity contribution is -0.119. The van der Waals surface area contributed by atoms with Gasteiger partial charge in [0.05, 0.1) is 11.5 Å². The average Bonchev–Trinajstić information content (AvgIpc) is 3.46. The van der Waals surface area contributed by atoms with Crippen LogP contribution in [0.1, 0.15) is 42.8 Å². The molecular weight excluding hydrogens is 424 g/mol. The molecular formula is C25H26N2O4S. The number of ether oxygens (including phenoxy) is 2. The zero-order chi connectivity index (χ0) is 22.5. The Kier molecular flexibility index (Phi) is 6.85. The molecule has 0 radical (unpaired) electrons. The number of carbonyl (C=O) groups excluding carboxylic acids is 2. The quantitative estimate of drug-likeness (QED) is 0.413. The summed E-state index contributed by atoms with van der Waals surface area (Å²) in [6.45, 7) is 4.03. The molecule has 1 saturated carbocycles. The summed E-state index contributed by atoms with van der Waals surface area (Å²) in [5.74, 6) is 2.54. The highest BCUT2D eigenvalue weighted by molar-refractivity contribution is 7.17. The van der Waals surface area contributed by atoms with Crippen molar-refractivity contribution in [1.82, 2.24) is 10.3 Å². The first kappa shape index (κ1) is 22.0. The number of benzene rings is 1. The molecule has 0 bridgehead atoms. The summed E-state index contributed by atoms with van der Waals surface area (Å²) in [5.41, 5.74) is 0.915. The van der Waals surface area contributed by atoms with Gasteiger partial charge in [0.2, 0.25) is 11.8 Å². The lowest BCUT2D eigenvalue weighted by Gasteiger charge is -2.10. The van der Waals surface area contributed by atoms with Crippen molar-refractivity contribution in [3.63, 3.8) is 0 Å². The van der Waals surface area contributed by atoms with E-state index < -0.39 is 0 Å². The Morgan fingerprint density at radius 1 is 1.16 bits per heavy atom. The van der Waals surface area contributed by atoms with Crippen molar-refractivity contribution in [2.24, 2.45) is 5.92 Å². The van der Waals surface area contributed by atoms with Gasteiger partial charge in [-0.05, 0) is 56.0 Å². The number of Topliss-reactive ketones (excluding diaryl/α,β-unsaturated/α-hetero) is 1. The summed E-state index contributed by atoms with van der Waals surface area (Å²) in [4.78, 5) is 29.6. The third-order valence-corrected chi connectivity index (χ3v) is 6.23. The topological polar surface area (TPSA) is 77.5 Å². The van der Waals surface area contributed by atoms with Gasteiger partial charge in [-0.1, -0.05) is 6.07 Å². The Balaban J connectivity index is 1.36. The van der Waals surface area contributed by atoms with Crippen LogP contribution in [-0.2, 0) is 4.79 Å². The second-order valence-electron chi connectivity index (χ2n) is 8.11. The van der Waals surface area contributed by atoms with Gasteiger partial charge < -0.3 is 14.8 Å². The number of nitrogens with zero attached hydrogens (tertiary/aromatic N) is 1. The summed E-state index contributed by atoms with van der Waals surface area (Å²) in [6.07, 6.45) is 4.52.